The van der Waals surface area contributed by atoms with Crippen molar-refractivity contribution in [2.24, 2.45) is 7.05 Å². The molecule has 1 saturated heterocycles. The monoisotopic (exact) mass is 390 g/mol. The van der Waals surface area contributed by atoms with Crippen LogP contribution in [-0.4, -0.2) is 44.4 Å². The molecule has 0 bridgehead atoms. The molecule has 3 aromatic rings. The summed E-state index contributed by atoms with van der Waals surface area (Å²) in [5.74, 6) is 0.225. The van der Waals surface area contributed by atoms with E-state index in [0.29, 0.717) is 25.3 Å². The highest BCUT2D eigenvalue weighted by atomic mass is 19.4. The van der Waals surface area contributed by atoms with Crippen LogP contribution < -0.4 is 4.90 Å². The number of rotatable bonds is 3. The summed E-state index contributed by atoms with van der Waals surface area (Å²) in [5, 5.41) is 4.13. The molecular formula is C18H17F3N6O. The van der Waals surface area contributed by atoms with Gasteiger partial charge >= 0.3 is 6.18 Å². The molecule has 0 aromatic carbocycles. The number of ether oxygens (including phenoxy) is 1. The molecule has 0 saturated carbocycles. The van der Waals surface area contributed by atoms with Crippen molar-refractivity contribution in [3.63, 3.8) is 0 Å². The first-order chi connectivity index (χ1) is 13.4. The standard InChI is InChI=1S/C18H17F3N6O/c1-26-10-13(9-23-26)14-11-27(6-7-28-14)16-8-15(18(19,20)21)24-17(25-16)12-2-4-22-5-3-12/h2-5,8-10,14H,6-7,11H2,1H3. The number of aromatic nitrogens is 5. The molecular weight excluding hydrogens is 373 g/mol. The molecule has 3 aromatic heterocycles. The summed E-state index contributed by atoms with van der Waals surface area (Å²) >= 11 is 0. The van der Waals surface area contributed by atoms with Crippen LogP contribution in [0.2, 0.25) is 0 Å². The lowest BCUT2D eigenvalue weighted by atomic mass is 10.1. The van der Waals surface area contributed by atoms with E-state index in [-0.39, 0.29) is 17.7 Å². The molecule has 0 amide bonds. The van der Waals surface area contributed by atoms with E-state index in [9.17, 15) is 13.2 Å². The number of hydrogen-bond donors (Lipinski definition) is 0. The Balaban J connectivity index is 1.69. The van der Waals surface area contributed by atoms with Gasteiger partial charge < -0.3 is 9.64 Å². The Kier molecular flexibility index (Phi) is 4.71. The van der Waals surface area contributed by atoms with Crippen molar-refractivity contribution in [1.29, 1.82) is 0 Å². The van der Waals surface area contributed by atoms with Gasteiger partial charge in [-0.25, -0.2) is 9.97 Å². The molecule has 0 aliphatic carbocycles. The largest absolute Gasteiger partial charge is 0.433 e. The maximum atomic E-state index is 13.4. The maximum absolute atomic E-state index is 13.4. The summed E-state index contributed by atoms with van der Waals surface area (Å²) in [5.41, 5.74) is 0.361. The van der Waals surface area contributed by atoms with Crippen LogP contribution in [0.4, 0.5) is 19.0 Å². The zero-order chi connectivity index (χ0) is 19.7. The molecule has 1 aliphatic heterocycles. The Morgan fingerprint density at radius 1 is 1.18 bits per heavy atom. The van der Waals surface area contributed by atoms with Gasteiger partial charge in [-0.1, -0.05) is 0 Å². The number of nitrogens with zero attached hydrogens (tertiary/aromatic N) is 6. The second-order valence-corrected chi connectivity index (χ2v) is 6.42. The van der Waals surface area contributed by atoms with E-state index in [1.54, 1.807) is 35.0 Å². The highest BCUT2D eigenvalue weighted by Gasteiger charge is 2.35. The maximum Gasteiger partial charge on any atom is 0.433 e. The molecule has 0 spiro atoms. The van der Waals surface area contributed by atoms with Crippen molar-refractivity contribution < 1.29 is 17.9 Å². The minimum atomic E-state index is -4.57. The third-order valence-electron chi connectivity index (χ3n) is 4.43. The molecule has 1 atom stereocenters. The Labute approximate surface area is 158 Å². The lowest BCUT2D eigenvalue weighted by Gasteiger charge is -2.33. The molecule has 7 nitrogen and oxygen atoms in total. The average molecular weight is 390 g/mol. The SMILES string of the molecule is Cn1cc(C2CN(c3cc(C(F)(F)F)nc(-c4ccncc4)n3)CCO2)cn1. The summed E-state index contributed by atoms with van der Waals surface area (Å²) in [7, 11) is 1.80. The molecule has 1 aliphatic rings. The van der Waals surface area contributed by atoms with Gasteiger partial charge in [0.2, 0.25) is 0 Å². The summed E-state index contributed by atoms with van der Waals surface area (Å²) in [4.78, 5) is 13.8. The molecule has 4 rings (SSSR count). The van der Waals surface area contributed by atoms with Gasteiger partial charge in [-0.15, -0.1) is 0 Å². The van der Waals surface area contributed by atoms with Gasteiger partial charge in [0.25, 0.3) is 0 Å². The van der Waals surface area contributed by atoms with Crippen LogP contribution in [0.3, 0.4) is 0 Å². The van der Waals surface area contributed by atoms with Crippen LogP contribution in [0.15, 0.2) is 43.0 Å². The molecule has 4 heterocycles. The Bertz CT molecular complexity index is 959. The van der Waals surface area contributed by atoms with E-state index >= 15 is 0 Å². The van der Waals surface area contributed by atoms with E-state index in [0.717, 1.165) is 11.6 Å². The lowest BCUT2D eigenvalue weighted by molar-refractivity contribution is -0.141. The van der Waals surface area contributed by atoms with Gasteiger partial charge in [0, 0.05) is 55.9 Å². The van der Waals surface area contributed by atoms with E-state index in [1.165, 1.54) is 12.4 Å². The summed E-state index contributed by atoms with van der Waals surface area (Å²) in [6.07, 6.45) is 1.64. The fourth-order valence-electron chi connectivity index (χ4n) is 3.04. The second-order valence-electron chi connectivity index (χ2n) is 6.42. The smallest absolute Gasteiger partial charge is 0.370 e. The van der Waals surface area contributed by atoms with Crippen molar-refractivity contribution in [3.05, 3.63) is 54.2 Å². The zero-order valence-electron chi connectivity index (χ0n) is 15.0. The van der Waals surface area contributed by atoms with Crippen LogP contribution in [0.5, 0.6) is 0 Å². The number of anilines is 1. The Morgan fingerprint density at radius 3 is 2.64 bits per heavy atom. The number of aryl methyl sites for hydroxylation is 1. The molecule has 10 heteroatoms. The van der Waals surface area contributed by atoms with E-state index in [2.05, 4.69) is 20.1 Å². The number of alkyl halides is 3. The normalized spacial score (nSPS) is 17.7. The highest BCUT2D eigenvalue weighted by molar-refractivity contribution is 5.57. The van der Waals surface area contributed by atoms with Crippen molar-refractivity contribution >= 4 is 5.82 Å². The average Bonchev–Trinajstić information content (AvgIpc) is 3.14. The quantitative estimate of drug-likeness (QED) is 0.685. The lowest BCUT2D eigenvalue weighted by Crippen LogP contribution is -2.39. The van der Waals surface area contributed by atoms with Crippen LogP contribution in [0.1, 0.15) is 17.4 Å². The fraction of sp³-hybridized carbons (Fsp3) is 0.333. The van der Waals surface area contributed by atoms with Gasteiger partial charge in [0.05, 0.1) is 12.8 Å². The predicted molar refractivity (Wildman–Crippen MR) is 94.4 cm³/mol. The minimum Gasteiger partial charge on any atom is -0.370 e. The first-order valence-electron chi connectivity index (χ1n) is 8.62. The van der Waals surface area contributed by atoms with Crippen LogP contribution >= 0.6 is 0 Å². The first-order valence-corrected chi connectivity index (χ1v) is 8.62. The molecule has 0 N–H and O–H groups in total. The molecule has 28 heavy (non-hydrogen) atoms. The van der Waals surface area contributed by atoms with E-state index in [1.807, 2.05) is 6.20 Å². The third kappa shape index (κ3) is 3.81. The third-order valence-corrected chi connectivity index (χ3v) is 4.43. The Hall–Kier alpha value is -3.01. The van der Waals surface area contributed by atoms with Crippen molar-refractivity contribution in [3.8, 4) is 11.4 Å². The number of hydrogen-bond acceptors (Lipinski definition) is 6. The van der Waals surface area contributed by atoms with E-state index in [4.69, 9.17) is 4.74 Å². The first kappa shape index (κ1) is 18.4. The van der Waals surface area contributed by atoms with Gasteiger partial charge in [0.1, 0.15) is 11.9 Å². The molecule has 0 radical (unpaired) electrons. The zero-order valence-corrected chi connectivity index (χ0v) is 15.0. The van der Waals surface area contributed by atoms with Gasteiger partial charge in [-0.2, -0.15) is 18.3 Å². The molecule has 1 unspecified atom stereocenters. The highest BCUT2D eigenvalue weighted by Crippen LogP contribution is 2.33. The number of pyridine rings is 1. The van der Waals surface area contributed by atoms with Crippen molar-refractivity contribution in [2.75, 3.05) is 24.6 Å². The topological polar surface area (TPSA) is 69.0 Å². The molecule has 146 valence electrons. The summed E-state index contributed by atoms with van der Waals surface area (Å²) in [6, 6.07) is 4.14. The Morgan fingerprint density at radius 2 is 1.96 bits per heavy atom. The van der Waals surface area contributed by atoms with Crippen molar-refractivity contribution in [1.82, 2.24) is 24.7 Å². The van der Waals surface area contributed by atoms with E-state index < -0.39 is 11.9 Å². The predicted octanol–water partition coefficient (Wildman–Crippen LogP) is 2.87. The van der Waals surface area contributed by atoms with Crippen molar-refractivity contribution in [2.45, 2.75) is 12.3 Å². The molecule has 1 fully saturated rings. The van der Waals surface area contributed by atoms with Gasteiger partial charge in [-0.05, 0) is 12.1 Å². The minimum absolute atomic E-state index is 0.0108. The second kappa shape index (κ2) is 7.19. The van der Waals surface area contributed by atoms with Gasteiger partial charge in [0.15, 0.2) is 11.5 Å². The fourth-order valence-corrected chi connectivity index (χ4v) is 3.04. The number of morpholine rings is 1. The van der Waals surface area contributed by atoms with Gasteiger partial charge in [-0.3, -0.25) is 9.67 Å². The summed E-state index contributed by atoms with van der Waals surface area (Å²) in [6.45, 7) is 1.17. The van der Waals surface area contributed by atoms with Crippen LogP contribution in [-0.2, 0) is 18.0 Å². The van der Waals surface area contributed by atoms with Crippen LogP contribution in [0, 0.1) is 0 Å². The van der Waals surface area contributed by atoms with Crippen LogP contribution in [0.25, 0.3) is 11.4 Å². The number of halogens is 3. The summed E-state index contributed by atoms with van der Waals surface area (Å²) < 4.78 is 47.7.